The van der Waals surface area contributed by atoms with Gasteiger partial charge < -0.3 is 10.1 Å². The van der Waals surface area contributed by atoms with Crippen molar-refractivity contribution in [3.8, 4) is 5.75 Å². The van der Waals surface area contributed by atoms with Crippen LogP contribution in [0.1, 0.15) is 24.8 Å². The lowest BCUT2D eigenvalue weighted by molar-refractivity contribution is -0.122. The Morgan fingerprint density at radius 3 is 2.78 bits per heavy atom. The average Bonchev–Trinajstić information content (AvgIpc) is 2.80. The van der Waals surface area contributed by atoms with Gasteiger partial charge >= 0.3 is 0 Å². The van der Waals surface area contributed by atoms with Crippen LogP contribution in [-0.2, 0) is 17.9 Å². The average molecular weight is 499 g/mol. The second kappa shape index (κ2) is 10.3. The number of fused-ring (bicyclic) bond motifs is 1. The summed E-state index contributed by atoms with van der Waals surface area (Å²) in [6.45, 7) is 3.00. The molecule has 0 saturated carbocycles. The number of amides is 1. The molecule has 0 aliphatic carbocycles. The molecular weight excluding hydrogens is 472 g/mol. The van der Waals surface area contributed by atoms with Crippen LogP contribution in [0.5, 0.6) is 5.75 Å². The van der Waals surface area contributed by atoms with E-state index in [4.69, 9.17) is 4.74 Å². The molecular formula is C24H27BrN4O3. The van der Waals surface area contributed by atoms with E-state index in [0.29, 0.717) is 17.4 Å². The first-order chi connectivity index (χ1) is 15.5. The van der Waals surface area contributed by atoms with Crippen molar-refractivity contribution in [2.24, 2.45) is 0 Å². The lowest BCUT2D eigenvalue weighted by Gasteiger charge is -2.32. The molecule has 1 amide bonds. The first kappa shape index (κ1) is 22.5. The molecule has 168 valence electrons. The Morgan fingerprint density at radius 2 is 2.00 bits per heavy atom. The van der Waals surface area contributed by atoms with Gasteiger partial charge in [-0.25, -0.2) is 4.98 Å². The van der Waals surface area contributed by atoms with Crippen LogP contribution in [0.15, 0.2) is 58.1 Å². The second-order valence-corrected chi connectivity index (χ2v) is 9.00. The maximum Gasteiger partial charge on any atom is 0.261 e. The third-order valence-corrected chi connectivity index (χ3v) is 6.40. The summed E-state index contributed by atoms with van der Waals surface area (Å²) in [5, 5.41) is 3.67. The van der Waals surface area contributed by atoms with Gasteiger partial charge in [-0.3, -0.25) is 19.1 Å². The van der Waals surface area contributed by atoms with E-state index < -0.39 is 0 Å². The number of piperidine rings is 1. The van der Waals surface area contributed by atoms with Gasteiger partial charge in [0.2, 0.25) is 5.91 Å². The molecule has 2 heterocycles. The summed E-state index contributed by atoms with van der Waals surface area (Å²) in [4.78, 5) is 31.9. The molecule has 0 spiro atoms. The molecule has 1 aliphatic heterocycles. The SMILES string of the molecule is COc1ccccc1CN1CCC(NC(=O)CCn2cnc3ccc(Br)cc3c2=O)CC1. The van der Waals surface area contributed by atoms with E-state index in [9.17, 15) is 9.59 Å². The summed E-state index contributed by atoms with van der Waals surface area (Å²) in [7, 11) is 1.70. The second-order valence-electron chi connectivity index (χ2n) is 8.08. The van der Waals surface area contributed by atoms with E-state index in [1.54, 1.807) is 19.2 Å². The topological polar surface area (TPSA) is 76.5 Å². The first-order valence-electron chi connectivity index (χ1n) is 10.8. The number of hydrogen-bond acceptors (Lipinski definition) is 5. The highest BCUT2D eigenvalue weighted by molar-refractivity contribution is 9.10. The fourth-order valence-corrected chi connectivity index (χ4v) is 4.48. The van der Waals surface area contributed by atoms with E-state index in [2.05, 4.69) is 37.2 Å². The monoisotopic (exact) mass is 498 g/mol. The molecule has 0 bridgehead atoms. The number of hydrogen-bond donors (Lipinski definition) is 1. The van der Waals surface area contributed by atoms with Gasteiger partial charge in [0.15, 0.2) is 0 Å². The number of carbonyl (C=O) groups excluding carboxylic acids is 1. The minimum Gasteiger partial charge on any atom is -0.496 e. The molecule has 0 unspecified atom stereocenters. The first-order valence-corrected chi connectivity index (χ1v) is 11.6. The van der Waals surface area contributed by atoms with Crippen molar-refractivity contribution in [2.45, 2.75) is 38.4 Å². The Hall–Kier alpha value is -2.71. The third-order valence-electron chi connectivity index (χ3n) is 5.91. The Bertz CT molecular complexity index is 1160. The lowest BCUT2D eigenvalue weighted by atomic mass is 10.0. The van der Waals surface area contributed by atoms with Gasteiger partial charge in [0.1, 0.15) is 5.75 Å². The number of halogens is 1. The highest BCUT2D eigenvalue weighted by Crippen LogP contribution is 2.21. The zero-order chi connectivity index (χ0) is 22.5. The molecule has 3 aromatic rings. The van der Waals surface area contributed by atoms with Gasteiger partial charge in [0, 0.05) is 48.7 Å². The molecule has 1 N–H and O–H groups in total. The minimum absolute atomic E-state index is 0.0329. The highest BCUT2D eigenvalue weighted by atomic mass is 79.9. The van der Waals surface area contributed by atoms with Gasteiger partial charge in [0.25, 0.3) is 5.56 Å². The number of aromatic nitrogens is 2. The fourth-order valence-electron chi connectivity index (χ4n) is 4.12. The standard InChI is InChI=1S/C24H27BrN4O3/c1-32-22-5-3-2-4-17(22)15-28-11-8-19(9-12-28)27-23(30)10-13-29-16-26-21-7-6-18(25)14-20(21)24(29)31/h2-7,14,16,19H,8-13,15H2,1H3,(H,27,30). The molecule has 1 aromatic heterocycles. The zero-order valence-electron chi connectivity index (χ0n) is 18.1. The van der Waals surface area contributed by atoms with E-state index in [-0.39, 0.29) is 23.9 Å². The number of benzene rings is 2. The number of likely N-dealkylation sites (tertiary alicyclic amines) is 1. The van der Waals surface area contributed by atoms with Crippen LogP contribution in [0.25, 0.3) is 10.9 Å². The number of methoxy groups -OCH3 is 1. The summed E-state index contributed by atoms with van der Waals surface area (Å²) >= 11 is 3.39. The van der Waals surface area contributed by atoms with Crippen LogP contribution in [0.4, 0.5) is 0 Å². The Labute approximate surface area is 195 Å². The molecule has 0 radical (unpaired) electrons. The molecule has 7 nitrogen and oxygen atoms in total. The predicted molar refractivity (Wildman–Crippen MR) is 128 cm³/mol. The van der Waals surface area contributed by atoms with Crippen LogP contribution < -0.4 is 15.6 Å². The maximum atomic E-state index is 12.7. The number of rotatable bonds is 7. The molecule has 1 saturated heterocycles. The smallest absolute Gasteiger partial charge is 0.261 e. The number of para-hydroxylation sites is 1. The lowest BCUT2D eigenvalue weighted by Crippen LogP contribution is -2.44. The molecule has 4 rings (SSSR count). The number of carbonyl (C=O) groups is 1. The summed E-state index contributed by atoms with van der Waals surface area (Å²) in [5.74, 6) is 0.878. The van der Waals surface area contributed by atoms with E-state index in [1.807, 2.05) is 24.3 Å². The molecule has 32 heavy (non-hydrogen) atoms. The summed E-state index contributed by atoms with van der Waals surface area (Å²) < 4.78 is 7.78. The molecule has 2 aromatic carbocycles. The quantitative estimate of drug-likeness (QED) is 0.540. The zero-order valence-corrected chi connectivity index (χ0v) is 19.7. The summed E-state index contributed by atoms with van der Waals surface area (Å²) in [6, 6.07) is 13.7. The maximum absolute atomic E-state index is 12.7. The van der Waals surface area contributed by atoms with E-state index in [1.165, 1.54) is 16.5 Å². The number of nitrogens with one attached hydrogen (secondary N) is 1. The van der Waals surface area contributed by atoms with Gasteiger partial charge in [0.05, 0.1) is 24.3 Å². The third kappa shape index (κ3) is 5.37. The Kier molecular flexibility index (Phi) is 7.22. The van der Waals surface area contributed by atoms with Crippen molar-refractivity contribution in [2.75, 3.05) is 20.2 Å². The van der Waals surface area contributed by atoms with Crippen molar-refractivity contribution >= 4 is 32.7 Å². The molecule has 0 atom stereocenters. The van der Waals surface area contributed by atoms with Crippen molar-refractivity contribution in [3.05, 3.63) is 69.2 Å². The molecule has 8 heteroatoms. The van der Waals surface area contributed by atoms with Gasteiger partial charge in [-0.1, -0.05) is 34.1 Å². The van der Waals surface area contributed by atoms with E-state index in [0.717, 1.165) is 42.7 Å². The van der Waals surface area contributed by atoms with Crippen molar-refractivity contribution < 1.29 is 9.53 Å². The van der Waals surface area contributed by atoms with E-state index >= 15 is 0 Å². The molecule has 1 fully saturated rings. The van der Waals surface area contributed by atoms with Gasteiger partial charge in [-0.15, -0.1) is 0 Å². The summed E-state index contributed by atoms with van der Waals surface area (Å²) in [6.07, 6.45) is 3.59. The minimum atomic E-state index is -0.131. The number of ether oxygens (including phenoxy) is 1. The molecule has 1 aliphatic rings. The van der Waals surface area contributed by atoms with Crippen molar-refractivity contribution in [3.63, 3.8) is 0 Å². The van der Waals surface area contributed by atoms with Crippen LogP contribution >= 0.6 is 15.9 Å². The summed E-state index contributed by atoms with van der Waals surface area (Å²) in [5.41, 5.74) is 1.70. The van der Waals surface area contributed by atoms with Crippen LogP contribution in [0.3, 0.4) is 0 Å². The van der Waals surface area contributed by atoms with Crippen molar-refractivity contribution in [1.29, 1.82) is 0 Å². The van der Waals surface area contributed by atoms with Crippen LogP contribution in [0.2, 0.25) is 0 Å². The van der Waals surface area contributed by atoms with Gasteiger partial charge in [-0.2, -0.15) is 0 Å². The largest absolute Gasteiger partial charge is 0.496 e. The number of aryl methyl sites for hydroxylation is 1. The predicted octanol–water partition coefficient (Wildman–Crippen LogP) is 3.34. The fraction of sp³-hybridized carbons (Fsp3) is 0.375. The Balaban J connectivity index is 1.26. The van der Waals surface area contributed by atoms with Crippen molar-refractivity contribution in [1.82, 2.24) is 19.8 Å². The van der Waals surface area contributed by atoms with Crippen LogP contribution in [0, 0.1) is 0 Å². The highest BCUT2D eigenvalue weighted by Gasteiger charge is 2.21. The van der Waals surface area contributed by atoms with Gasteiger partial charge in [-0.05, 0) is 37.1 Å². The normalized spacial score (nSPS) is 15.1. The van der Waals surface area contributed by atoms with Crippen LogP contribution in [-0.4, -0.2) is 46.6 Å². The Morgan fingerprint density at radius 1 is 1.22 bits per heavy atom. The number of nitrogens with zero attached hydrogens (tertiary/aromatic N) is 3.